The van der Waals surface area contributed by atoms with E-state index >= 15 is 0 Å². The van der Waals surface area contributed by atoms with E-state index in [9.17, 15) is 4.79 Å². The summed E-state index contributed by atoms with van der Waals surface area (Å²) in [5.74, 6) is -0.0659. The number of carbonyl (C=O) groups is 1. The van der Waals surface area contributed by atoms with Crippen molar-refractivity contribution in [1.82, 2.24) is 9.97 Å². The third-order valence-electron chi connectivity index (χ3n) is 4.45. The number of amides is 1. The van der Waals surface area contributed by atoms with Crippen molar-refractivity contribution in [2.24, 2.45) is 0 Å². The summed E-state index contributed by atoms with van der Waals surface area (Å²) in [6.07, 6.45) is 2.77. The van der Waals surface area contributed by atoms with E-state index in [1.807, 2.05) is 24.4 Å². The summed E-state index contributed by atoms with van der Waals surface area (Å²) in [5, 5.41) is 5.22. The summed E-state index contributed by atoms with van der Waals surface area (Å²) in [6.45, 7) is 3.64. The first-order chi connectivity index (χ1) is 12.2. The smallest absolute Gasteiger partial charge is 0.221 e. The Morgan fingerprint density at radius 2 is 1.92 bits per heavy atom. The number of carbonyl (C=O) groups excluding carboxylic acids is 1. The number of aromatic amines is 1. The largest absolute Gasteiger partial charge is 0.353 e. The zero-order valence-corrected chi connectivity index (χ0v) is 14.3. The quantitative estimate of drug-likeness (QED) is 0.561. The molecule has 2 N–H and O–H groups in total. The van der Waals surface area contributed by atoms with E-state index in [0.29, 0.717) is 0 Å². The number of pyridine rings is 1. The highest BCUT2D eigenvalue weighted by molar-refractivity contribution is 6.09. The second kappa shape index (κ2) is 6.06. The summed E-state index contributed by atoms with van der Waals surface area (Å²) in [4.78, 5) is 19.2. The summed E-state index contributed by atoms with van der Waals surface area (Å²) < 4.78 is 0. The number of hydrogen-bond donors (Lipinski definition) is 2. The van der Waals surface area contributed by atoms with Crippen LogP contribution in [-0.4, -0.2) is 15.9 Å². The molecule has 2 heterocycles. The molecular weight excluding hydrogens is 310 g/mol. The minimum absolute atomic E-state index is 0.0659. The summed E-state index contributed by atoms with van der Waals surface area (Å²) in [7, 11) is 0. The standard InChI is InChI=1S/C21H19N3O/c1-3-19-21-17(9-10-22-19)18-12-15(7-8-20(18)24-21)14-5-4-6-16(11-14)23-13(2)25/h4-12,24H,3H2,1-2H3,(H,23,25). The third-order valence-corrected chi connectivity index (χ3v) is 4.45. The van der Waals surface area contributed by atoms with Crippen LogP contribution in [0.15, 0.2) is 54.7 Å². The van der Waals surface area contributed by atoms with Gasteiger partial charge in [0.05, 0.1) is 11.2 Å². The molecule has 124 valence electrons. The average Bonchev–Trinajstić information content (AvgIpc) is 2.99. The van der Waals surface area contributed by atoms with Gasteiger partial charge in [0.2, 0.25) is 5.91 Å². The molecule has 0 unspecified atom stereocenters. The van der Waals surface area contributed by atoms with E-state index < -0.39 is 0 Å². The number of H-pyrrole nitrogens is 1. The van der Waals surface area contributed by atoms with Gasteiger partial charge in [0.15, 0.2) is 0 Å². The van der Waals surface area contributed by atoms with Crippen molar-refractivity contribution < 1.29 is 4.79 Å². The molecule has 2 aromatic carbocycles. The van der Waals surface area contributed by atoms with Crippen LogP contribution in [0.4, 0.5) is 5.69 Å². The SMILES string of the molecule is CCc1nccc2c1[nH]c1ccc(-c3cccc(NC(C)=O)c3)cc12. The number of benzene rings is 2. The minimum atomic E-state index is -0.0659. The van der Waals surface area contributed by atoms with Crippen molar-refractivity contribution in [3.05, 3.63) is 60.4 Å². The van der Waals surface area contributed by atoms with Gasteiger partial charge >= 0.3 is 0 Å². The summed E-state index contributed by atoms with van der Waals surface area (Å²) >= 11 is 0. The molecule has 0 atom stereocenters. The zero-order chi connectivity index (χ0) is 17.4. The van der Waals surface area contributed by atoms with Crippen LogP contribution in [0.3, 0.4) is 0 Å². The van der Waals surface area contributed by atoms with Crippen LogP contribution < -0.4 is 5.32 Å². The van der Waals surface area contributed by atoms with E-state index in [-0.39, 0.29) is 5.91 Å². The van der Waals surface area contributed by atoms with Gasteiger partial charge in [-0.05, 0) is 47.9 Å². The number of nitrogens with one attached hydrogen (secondary N) is 2. The Kier molecular flexibility index (Phi) is 3.73. The second-order valence-corrected chi connectivity index (χ2v) is 6.18. The average molecular weight is 329 g/mol. The normalized spacial score (nSPS) is 11.1. The molecule has 0 aliphatic carbocycles. The fraction of sp³-hybridized carbons (Fsp3) is 0.143. The number of fused-ring (bicyclic) bond motifs is 3. The maximum Gasteiger partial charge on any atom is 0.221 e. The first-order valence-electron chi connectivity index (χ1n) is 8.43. The van der Waals surface area contributed by atoms with Crippen molar-refractivity contribution in [3.63, 3.8) is 0 Å². The number of rotatable bonds is 3. The zero-order valence-electron chi connectivity index (χ0n) is 14.3. The fourth-order valence-electron chi connectivity index (χ4n) is 3.31. The molecule has 0 radical (unpaired) electrons. The van der Waals surface area contributed by atoms with E-state index in [4.69, 9.17) is 0 Å². The monoisotopic (exact) mass is 329 g/mol. The van der Waals surface area contributed by atoms with Crippen LogP contribution in [0.2, 0.25) is 0 Å². The predicted octanol–water partition coefficient (Wildman–Crippen LogP) is 4.90. The van der Waals surface area contributed by atoms with Gasteiger partial charge in [-0.25, -0.2) is 0 Å². The van der Waals surface area contributed by atoms with E-state index in [1.54, 1.807) is 0 Å². The Bertz CT molecular complexity index is 1090. The molecule has 25 heavy (non-hydrogen) atoms. The molecule has 0 aliphatic heterocycles. The molecule has 4 nitrogen and oxygen atoms in total. The Balaban J connectivity index is 1.86. The van der Waals surface area contributed by atoms with Crippen molar-refractivity contribution in [1.29, 1.82) is 0 Å². The molecular formula is C21H19N3O. The lowest BCUT2D eigenvalue weighted by molar-refractivity contribution is -0.114. The second-order valence-electron chi connectivity index (χ2n) is 6.18. The van der Waals surface area contributed by atoms with Crippen molar-refractivity contribution in [3.8, 4) is 11.1 Å². The maximum atomic E-state index is 11.3. The Morgan fingerprint density at radius 3 is 2.72 bits per heavy atom. The number of aromatic nitrogens is 2. The van der Waals surface area contributed by atoms with Crippen LogP contribution >= 0.6 is 0 Å². The minimum Gasteiger partial charge on any atom is -0.353 e. The predicted molar refractivity (Wildman–Crippen MR) is 103 cm³/mol. The van der Waals surface area contributed by atoms with E-state index in [2.05, 4.69) is 52.5 Å². The number of anilines is 1. The number of aryl methyl sites for hydroxylation is 1. The highest BCUT2D eigenvalue weighted by Gasteiger charge is 2.09. The highest BCUT2D eigenvalue weighted by atomic mass is 16.1. The molecule has 0 saturated carbocycles. The van der Waals surface area contributed by atoms with Gasteiger partial charge in [-0.1, -0.05) is 25.1 Å². The molecule has 0 saturated heterocycles. The topological polar surface area (TPSA) is 57.8 Å². The number of hydrogen-bond acceptors (Lipinski definition) is 2. The molecule has 4 heteroatoms. The molecule has 0 fully saturated rings. The first kappa shape index (κ1) is 15.4. The molecule has 0 bridgehead atoms. The van der Waals surface area contributed by atoms with Gasteiger partial charge in [0, 0.05) is 35.1 Å². The first-order valence-corrected chi connectivity index (χ1v) is 8.43. The fourth-order valence-corrected chi connectivity index (χ4v) is 3.31. The Hall–Kier alpha value is -3.14. The van der Waals surface area contributed by atoms with Crippen LogP contribution in [0.5, 0.6) is 0 Å². The Morgan fingerprint density at radius 1 is 1.08 bits per heavy atom. The van der Waals surface area contributed by atoms with E-state index in [0.717, 1.165) is 40.0 Å². The lowest BCUT2D eigenvalue weighted by Crippen LogP contribution is -2.05. The molecule has 0 aliphatic rings. The Labute approximate surface area is 145 Å². The maximum absolute atomic E-state index is 11.3. The van der Waals surface area contributed by atoms with Crippen LogP contribution in [0.25, 0.3) is 32.9 Å². The van der Waals surface area contributed by atoms with Crippen molar-refractivity contribution >= 4 is 33.4 Å². The van der Waals surface area contributed by atoms with Gasteiger partial charge in [-0.3, -0.25) is 9.78 Å². The van der Waals surface area contributed by atoms with Gasteiger partial charge in [-0.2, -0.15) is 0 Å². The van der Waals surface area contributed by atoms with Gasteiger partial charge in [-0.15, -0.1) is 0 Å². The number of nitrogens with zero attached hydrogens (tertiary/aromatic N) is 1. The van der Waals surface area contributed by atoms with E-state index in [1.165, 1.54) is 17.7 Å². The van der Waals surface area contributed by atoms with Crippen LogP contribution in [0, 0.1) is 0 Å². The summed E-state index contributed by atoms with van der Waals surface area (Å²) in [6, 6.07) is 16.4. The lowest BCUT2D eigenvalue weighted by Gasteiger charge is -2.06. The molecule has 4 aromatic rings. The third kappa shape index (κ3) is 2.76. The van der Waals surface area contributed by atoms with Crippen molar-refractivity contribution in [2.45, 2.75) is 20.3 Å². The van der Waals surface area contributed by atoms with Gasteiger partial charge in [0.1, 0.15) is 0 Å². The molecule has 1 amide bonds. The highest BCUT2D eigenvalue weighted by Crippen LogP contribution is 2.31. The molecule has 0 spiro atoms. The van der Waals surface area contributed by atoms with Crippen molar-refractivity contribution in [2.75, 3.05) is 5.32 Å². The molecule has 2 aromatic heterocycles. The van der Waals surface area contributed by atoms with Crippen LogP contribution in [0.1, 0.15) is 19.5 Å². The van der Waals surface area contributed by atoms with Gasteiger partial charge in [0.25, 0.3) is 0 Å². The lowest BCUT2D eigenvalue weighted by atomic mass is 10.0. The van der Waals surface area contributed by atoms with Crippen LogP contribution in [-0.2, 0) is 11.2 Å². The summed E-state index contributed by atoms with van der Waals surface area (Å²) in [5.41, 5.74) is 6.32. The molecule has 4 rings (SSSR count). The van der Waals surface area contributed by atoms with Gasteiger partial charge < -0.3 is 10.3 Å².